The Morgan fingerprint density at radius 1 is 1.16 bits per heavy atom. The van der Waals surface area contributed by atoms with Gasteiger partial charge in [0.1, 0.15) is 11.6 Å². The number of carbonyl (C=O) groups is 1. The Bertz CT molecular complexity index is 1220. The number of aliphatic carboxylic acids is 1. The van der Waals surface area contributed by atoms with Crippen LogP contribution in [0.4, 0.5) is 4.39 Å². The lowest BCUT2D eigenvalue weighted by molar-refractivity contribution is -0.139. The molecule has 0 bridgehead atoms. The molecule has 1 heterocycles. The van der Waals surface area contributed by atoms with Crippen molar-refractivity contribution in [3.63, 3.8) is 0 Å². The SMILES string of the molecule is Cc1ccccc1C(C/C(=N/O)c1ccc(=O)n(C)c1)c1ccc(OCC(=O)O)cc1F. The molecule has 1 atom stereocenters. The summed E-state index contributed by atoms with van der Waals surface area (Å²) in [5.41, 5.74) is 2.74. The Balaban J connectivity index is 2.03. The number of nitrogens with zero attached hydrogens (tertiary/aromatic N) is 2. The zero-order valence-electron chi connectivity index (χ0n) is 17.7. The number of carboxylic acids is 1. The van der Waals surface area contributed by atoms with Crippen LogP contribution >= 0.6 is 0 Å². The standard InChI is InChI=1S/C24H23FN2O5/c1-15-5-3-4-6-18(15)20(12-22(26-31)16-7-10-23(28)27(2)13-16)19-9-8-17(11-21(19)25)32-14-24(29)30/h3-11,13,20,31H,12,14H2,1-2H3,(H,29,30)/b26-22-. The number of aromatic nitrogens is 1. The maximum absolute atomic E-state index is 15.1. The van der Waals surface area contributed by atoms with Crippen LogP contribution < -0.4 is 10.3 Å². The van der Waals surface area contributed by atoms with Gasteiger partial charge in [0.05, 0.1) is 5.71 Å². The average molecular weight is 438 g/mol. The maximum atomic E-state index is 15.1. The fourth-order valence-electron chi connectivity index (χ4n) is 3.56. The predicted octanol–water partition coefficient (Wildman–Crippen LogP) is 3.70. The minimum absolute atomic E-state index is 0.103. The number of hydrogen-bond donors (Lipinski definition) is 2. The number of rotatable bonds is 8. The molecule has 3 aromatic rings. The Morgan fingerprint density at radius 2 is 1.91 bits per heavy atom. The zero-order valence-corrected chi connectivity index (χ0v) is 17.7. The van der Waals surface area contributed by atoms with Crippen LogP contribution in [-0.4, -0.2) is 33.2 Å². The number of carboxylic acid groups (broad SMARTS) is 1. The fraction of sp³-hybridized carbons (Fsp3) is 0.208. The van der Waals surface area contributed by atoms with E-state index in [9.17, 15) is 14.8 Å². The van der Waals surface area contributed by atoms with Crippen molar-refractivity contribution >= 4 is 11.7 Å². The first kappa shape index (κ1) is 22.7. The molecule has 0 saturated carbocycles. The molecule has 0 saturated heterocycles. The lowest BCUT2D eigenvalue weighted by atomic mass is 9.83. The van der Waals surface area contributed by atoms with Gasteiger partial charge in [-0.2, -0.15) is 0 Å². The van der Waals surface area contributed by atoms with Crippen molar-refractivity contribution in [1.82, 2.24) is 4.57 Å². The zero-order chi connectivity index (χ0) is 23.3. The molecule has 8 heteroatoms. The second-order valence-electron chi connectivity index (χ2n) is 7.39. The van der Waals surface area contributed by atoms with E-state index in [1.165, 1.54) is 16.7 Å². The van der Waals surface area contributed by atoms with Crippen molar-refractivity contribution in [1.29, 1.82) is 0 Å². The molecular weight excluding hydrogens is 415 g/mol. The largest absolute Gasteiger partial charge is 0.482 e. The monoisotopic (exact) mass is 438 g/mol. The summed E-state index contributed by atoms with van der Waals surface area (Å²) in [7, 11) is 1.59. The van der Waals surface area contributed by atoms with Gasteiger partial charge in [0.15, 0.2) is 6.61 Å². The van der Waals surface area contributed by atoms with Crippen LogP contribution in [0.5, 0.6) is 5.75 Å². The summed E-state index contributed by atoms with van der Waals surface area (Å²) in [4.78, 5) is 22.4. The summed E-state index contributed by atoms with van der Waals surface area (Å²) in [6.45, 7) is 1.33. The molecule has 0 spiro atoms. The van der Waals surface area contributed by atoms with Crippen LogP contribution in [-0.2, 0) is 11.8 Å². The quantitative estimate of drug-likeness (QED) is 0.317. The van der Waals surface area contributed by atoms with Gasteiger partial charge in [-0.15, -0.1) is 0 Å². The second kappa shape index (κ2) is 9.91. The first-order chi connectivity index (χ1) is 15.3. The van der Waals surface area contributed by atoms with Crippen LogP contribution in [0.3, 0.4) is 0 Å². The van der Waals surface area contributed by atoms with E-state index in [-0.39, 0.29) is 17.7 Å². The second-order valence-corrected chi connectivity index (χ2v) is 7.39. The van der Waals surface area contributed by atoms with Crippen molar-refractivity contribution in [2.75, 3.05) is 6.61 Å². The summed E-state index contributed by atoms with van der Waals surface area (Å²) >= 11 is 0. The molecule has 2 aromatic carbocycles. The van der Waals surface area contributed by atoms with E-state index in [0.29, 0.717) is 16.8 Å². The summed E-state index contributed by atoms with van der Waals surface area (Å²) in [5, 5.41) is 21.9. The summed E-state index contributed by atoms with van der Waals surface area (Å²) in [6, 6.07) is 14.6. The average Bonchev–Trinajstić information content (AvgIpc) is 2.76. The van der Waals surface area contributed by atoms with Gasteiger partial charge in [-0.25, -0.2) is 9.18 Å². The first-order valence-corrected chi connectivity index (χ1v) is 9.87. The van der Waals surface area contributed by atoms with Crippen LogP contribution in [0.2, 0.25) is 0 Å². The molecule has 32 heavy (non-hydrogen) atoms. The van der Waals surface area contributed by atoms with Gasteiger partial charge < -0.3 is 19.6 Å². The highest BCUT2D eigenvalue weighted by Gasteiger charge is 2.23. The molecule has 0 aliphatic heterocycles. The Morgan fingerprint density at radius 3 is 2.53 bits per heavy atom. The molecule has 0 aliphatic carbocycles. The molecule has 0 amide bonds. The smallest absolute Gasteiger partial charge is 0.341 e. The van der Waals surface area contributed by atoms with Gasteiger partial charge in [0.25, 0.3) is 0 Å². The number of halogens is 1. The van der Waals surface area contributed by atoms with Crippen molar-refractivity contribution in [3.05, 3.63) is 99.2 Å². The van der Waals surface area contributed by atoms with Gasteiger partial charge in [-0.05, 0) is 35.7 Å². The van der Waals surface area contributed by atoms with Crippen LogP contribution in [0, 0.1) is 12.7 Å². The predicted molar refractivity (Wildman–Crippen MR) is 117 cm³/mol. The van der Waals surface area contributed by atoms with Gasteiger partial charge in [-0.1, -0.05) is 35.5 Å². The van der Waals surface area contributed by atoms with E-state index in [1.807, 2.05) is 31.2 Å². The third-order valence-electron chi connectivity index (χ3n) is 5.21. The first-order valence-electron chi connectivity index (χ1n) is 9.87. The van der Waals surface area contributed by atoms with Crippen molar-refractivity contribution in [2.45, 2.75) is 19.3 Å². The minimum Gasteiger partial charge on any atom is -0.482 e. The summed E-state index contributed by atoms with van der Waals surface area (Å²) in [5.74, 6) is -2.13. The Hall–Kier alpha value is -3.94. The van der Waals surface area contributed by atoms with Gasteiger partial charge >= 0.3 is 5.97 Å². The molecular formula is C24H23FN2O5. The van der Waals surface area contributed by atoms with E-state index < -0.39 is 24.3 Å². The van der Waals surface area contributed by atoms with Crippen molar-refractivity contribution in [3.8, 4) is 5.75 Å². The Kier molecular flexibility index (Phi) is 7.04. The van der Waals surface area contributed by atoms with Gasteiger partial charge in [-0.3, -0.25) is 4.79 Å². The van der Waals surface area contributed by atoms with Crippen LogP contribution in [0.25, 0.3) is 0 Å². The third kappa shape index (κ3) is 5.21. The molecule has 3 rings (SSSR count). The van der Waals surface area contributed by atoms with Gasteiger partial charge in [0, 0.05) is 43.3 Å². The fourth-order valence-corrected chi connectivity index (χ4v) is 3.56. The van der Waals surface area contributed by atoms with Crippen LogP contribution in [0.1, 0.15) is 34.6 Å². The molecule has 1 aromatic heterocycles. The number of ether oxygens (including phenoxy) is 1. The van der Waals surface area contributed by atoms with E-state index >= 15 is 4.39 Å². The molecule has 7 nitrogen and oxygen atoms in total. The number of pyridine rings is 1. The summed E-state index contributed by atoms with van der Waals surface area (Å²) in [6.07, 6.45) is 1.72. The van der Waals surface area contributed by atoms with Gasteiger partial charge in [0.2, 0.25) is 5.56 Å². The van der Waals surface area contributed by atoms with Crippen molar-refractivity contribution < 1.29 is 24.2 Å². The third-order valence-corrected chi connectivity index (χ3v) is 5.21. The molecule has 2 N–H and O–H groups in total. The van der Waals surface area contributed by atoms with Crippen LogP contribution in [0.15, 0.2) is 70.7 Å². The number of oxime groups is 1. The number of benzene rings is 2. The minimum atomic E-state index is -1.16. The topological polar surface area (TPSA) is 101 Å². The van der Waals surface area contributed by atoms with E-state index in [0.717, 1.165) is 17.2 Å². The normalized spacial score (nSPS) is 12.4. The maximum Gasteiger partial charge on any atom is 0.341 e. The van der Waals surface area contributed by atoms with E-state index in [4.69, 9.17) is 9.84 Å². The van der Waals surface area contributed by atoms with E-state index in [2.05, 4.69) is 5.16 Å². The highest BCUT2D eigenvalue weighted by atomic mass is 19.1. The molecule has 0 aliphatic rings. The molecule has 0 fully saturated rings. The molecule has 0 radical (unpaired) electrons. The highest BCUT2D eigenvalue weighted by molar-refractivity contribution is 6.00. The lowest BCUT2D eigenvalue weighted by Gasteiger charge is -2.22. The number of aryl methyl sites for hydroxylation is 2. The summed E-state index contributed by atoms with van der Waals surface area (Å²) < 4.78 is 21.6. The Labute approximate surface area is 184 Å². The number of hydrogen-bond acceptors (Lipinski definition) is 5. The highest BCUT2D eigenvalue weighted by Crippen LogP contribution is 2.34. The van der Waals surface area contributed by atoms with E-state index in [1.54, 1.807) is 25.4 Å². The molecule has 166 valence electrons. The molecule has 1 unspecified atom stereocenters. The lowest BCUT2D eigenvalue weighted by Crippen LogP contribution is -2.18. The van der Waals surface area contributed by atoms with Crippen molar-refractivity contribution in [2.24, 2.45) is 12.2 Å².